The maximum atomic E-state index is 11.6. The van der Waals surface area contributed by atoms with Gasteiger partial charge in [0.2, 0.25) is 0 Å². The lowest BCUT2D eigenvalue weighted by molar-refractivity contribution is 0.474. The molecule has 106 valence electrons. The summed E-state index contributed by atoms with van der Waals surface area (Å²) in [5.74, 6) is 0.214. The molecule has 2 rings (SSSR count). The van der Waals surface area contributed by atoms with Crippen LogP contribution in [0.15, 0.2) is 47.4 Å². The number of anilines is 1. The van der Waals surface area contributed by atoms with E-state index in [0.717, 1.165) is 16.8 Å². The van der Waals surface area contributed by atoms with Crippen molar-refractivity contribution in [3.05, 3.63) is 53.6 Å². The molecule has 0 heterocycles. The van der Waals surface area contributed by atoms with Crippen molar-refractivity contribution >= 4 is 15.5 Å². The molecule has 0 atom stereocenters. The molecule has 5 heteroatoms. The molecule has 0 aliphatic rings. The van der Waals surface area contributed by atoms with Gasteiger partial charge in [0.1, 0.15) is 5.75 Å². The minimum atomic E-state index is -3.21. The van der Waals surface area contributed by atoms with Crippen LogP contribution in [0.25, 0.3) is 0 Å². The van der Waals surface area contributed by atoms with Crippen LogP contribution < -0.4 is 5.32 Å². The molecule has 4 nitrogen and oxygen atoms in total. The Hall–Kier alpha value is -2.01. The summed E-state index contributed by atoms with van der Waals surface area (Å²) in [6, 6.07) is 12.0. The van der Waals surface area contributed by atoms with Crippen LogP contribution in [0.3, 0.4) is 0 Å². The van der Waals surface area contributed by atoms with E-state index in [4.69, 9.17) is 0 Å². The molecule has 0 fully saturated rings. The van der Waals surface area contributed by atoms with Crippen molar-refractivity contribution in [1.82, 2.24) is 0 Å². The van der Waals surface area contributed by atoms with Gasteiger partial charge in [-0.1, -0.05) is 18.2 Å². The molecule has 0 unspecified atom stereocenters. The molecule has 0 radical (unpaired) electrons. The van der Waals surface area contributed by atoms with Crippen molar-refractivity contribution in [2.45, 2.75) is 18.4 Å². The highest BCUT2D eigenvalue weighted by Gasteiger charge is 2.09. The molecular weight excluding hydrogens is 274 g/mol. The van der Waals surface area contributed by atoms with Gasteiger partial charge in [-0.2, -0.15) is 0 Å². The highest BCUT2D eigenvalue weighted by atomic mass is 32.2. The van der Waals surface area contributed by atoms with E-state index in [0.29, 0.717) is 11.4 Å². The van der Waals surface area contributed by atoms with Gasteiger partial charge in [-0.25, -0.2) is 8.42 Å². The van der Waals surface area contributed by atoms with Crippen molar-refractivity contribution in [2.75, 3.05) is 11.6 Å². The number of phenols is 1. The fourth-order valence-electron chi connectivity index (χ4n) is 1.89. The maximum Gasteiger partial charge on any atom is 0.175 e. The van der Waals surface area contributed by atoms with Crippen molar-refractivity contribution in [3.63, 3.8) is 0 Å². The van der Waals surface area contributed by atoms with E-state index in [9.17, 15) is 13.5 Å². The summed E-state index contributed by atoms with van der Waals surface area (Å²) in [4.78, 5) is 0.293. The van der Waals surface area contributed by atoms with E-state index in [1.54, 1.807) is 36.4 Å². The number of nitrogens with one attached hydrogen (secondary N) is 1. The quantitative estimate of drug-likeness (QED) is 0.909. The fourth-order valence-corrected chi connectivity index (χ4v) is 2.53. The van der Waals surface area contributed by atoms with Crippen LogP contribution >= 0.6 is 0 Å². The smallest absolute Gasteiger partial charge is 0.175 e. The standard InChI is InChI=1S/C15H17NO3S/c1-11-6-7-14(20(2,18)19)9-15(11)16-10-12-4-3-5-13(17)8-12/h3-9,16-17H,10H2,1-2H3. The minimum Gasteiger partial charge on any atom is -0.508 e. The molecule has 2 N–H and O–H groups in total. The van der Waals surface area contributed by atoms with E-state index < -0.39 is 9.84 Å². The maximum absolute atomic E-state index is 11.6. The summed E-state index contributed by atoms with van der Waals surface area (Å²) in [5, 5.41) is 12.6. The summed E-state index contributed by atoms with van der Waals surface area (Å²) in [5.41, 5.74) is 2.67. The molecule has 0 amide bonds. The Morgan fingerprint density at radius 3 is 2.55 bits per heavy atom. The predicted octanol–water partition coefficient (Wildman–Crippen LogP) is 2.72. The lowest BCUT2D eigenvalue weighted by Crippen LogP contribution is -2.03. The first kappa shape index (κ1) is 14.4. The highest BCUT2D eigenvalue weighted by Crippen LogP contribution is 2.21. The number of hydrogen-bond donors (Lipinski definition) is 2. The molecule has 0 saturated carbocycles. The van der Waals surface area contributed by atoms with Gasteiger partial charge in [0.05, 0.1) is 4.90 Å². The average molecular weight is 291 g/mol. The van der Waals surface area contributed by atoms with Gasteiger partial charge in [-0.05, 0) is 42.3 Å². The third kappa shape index (κ3) is 3.51. The highest BCUT2D eigenvalue weighted by molar-refractivity contribution is 7.90. The van der Waals surface area contributed by atoms with Gasteiger partial charge in [-0.3, -0.25) is 0 Å². The van der Waals surface area contributed by atoms with Crippen LogP contribution in [0, 0.1) is 6.92 Å². The second-order valence-electron chi connectivity index (χ2n) is 4.77. The summed E-state index contributed by atoms with van der Waals surface area (Å²) in [7, 11) is -3.21. The Kier molecular flexibility index (Phi) is 3.99. The average Bonchev–Trinajstić information content (AvgIpc) is 2.36. The first-order valence-electron chi connectivity index (χ1n) is 6.19. The van der Waals surface area contributed by atoms with Crippen LogP contribution in [-0.4, -0.2) is 19.8 Å². The number of rotatable bonds is 4. The summed E-state index contributed by atoms with van der Waals surface area (Å²) < 4.78 is 23.1. The molecule has 0 aliphatic heterocycles. The Bertz CT molecular complexity index is 724. The van der Waals surface area contributed by atoms with Gasteiger partial charge in [0, 0.05) is 18.5 Å². The molecule has 2 aromatic rings. The van der Waals surface area contributed by atoms with Crippen LogP contribution in [0.2, 0.25) is 0 Å². The first-order valence-corrected chi connectivity index (χ1v) is 8.08. The number of phenolic OH excluding ortho intramolecular Hbond substituents is 1. The molecule has 0 spiro atoms. The number of aromatic hydroxyl groups is 1. The van der Waals surface area contributed by atoms with E-state index in [1.807, 2.05) is 13.0 Å². The number of benzene rings is 2. The lowest BCUT2D eigenvalue weighted by atomic mass is 10.1. The van der Waals surface area contributed by atoms with Gasteiger partial charge >= 0.3 is 0 Å². The molecule has 0 bridgehead atoms. The normalized spacial score (nSPS) is 11.3. The predicted molar refractivity (Wildman–Crippen MR) is 79.7 cm³/mol. The largest absolute Gasteiger partial charge is 0.508 e. The minimum absolute atomic E-state index is 0.214. The van der Waals surface area contributed by atoms with Crippen molar-refractivity contribution in [1.29, 1.82) is 0 Å². The summed E-state index contributed by atoms with van der Waals surface area (Å²) in [6.07, 6.45) is 1.19. The molecular formula is C15H17NO3S. The number of hydrogen-bond acceptors (Lipinski definition) is 4. The number of aryl methyl sites for hydroxylation is 1. The number of sulfone groups is 1. The third-order valence-electron chi connectivity index (χ3n) is 3.03. The van der Waals surface area contributed by atoms with E-state index in [2.05, 4.69) is 5.32 Å². The fraction of sp³-hybridized carbons (Fsp3) is 0.200. The molecule has 0 aliphatic carbocycles. The van der Waals surface area contributed by atoms with Gasteiger partial charge < -0.3 is 10.4 Å². The lowest BCUT2D eigenvalue weighted by Gasteiger charge is -2.11. The Balaban J connectivity index is 2.21. The Labute approximate surface area is 119 Å². The third-order valence-corrected chi connectivity index (χ3v) is 4.14. The second-order valence-corrected chi connectivity index (χ2v) is 6.79. The summed E-state index contributed by atoms with van der Waals surface area (Å²) >= 11 is 0. The Morgan fingerprint density at radius 1 is 1.15 bits per heavy atom. The van der Waals surface area contributed by atoms with Gasteiger partial charge in [0.15, 0.2) is 9.84 Å². The van der Waals surface area contributed by atoms with Crippen molar-refractivity contribution < 1.29 is 13.5 Å². The zero-order valence-corrected chi connectivity index (χ0v) is 12.2. The SMILES string of the molecule is Cc1ccc(S(C)(=O)=O)cc1NCc1cccc(O)c1. The Morgan fingerprint density at radius 2 is 1.90 bits per heavy atom. The molecule has 0 aromatic heterocycles. The monoisotopic (exact) mass is 291 g/mol. The van der Waals surface area contributed by atoms with Crippen LogP contribution in [0.1, 0.15) is 11.1 Å². The second kappa shape index (κ2) is 5.54. The molecule has 20 heavy (non-hydrogen) atoms. The molecule has 0 saturated heterocycles. The van der Waals surface area contributed by atoms with Crippen LogP contribution in [0.4, 0.5) is 5.69 Å². The van der Waals surface area contributed by atoms with Crippen molar-refractivity contribution in [2.24, 2.45) is 0 Å². The zero-order chi connectivity index (χ0) is 14.8. The van der Waals surface area contributed by atoms with Gasteiger partial charge in [0.25, 0.3) is 0 Å². The van der Waals surface area contributed by atoms with Gasteiger partial charge in [-0.15, -0.1) is 0 Å². The van der Waals surface area contributed by atoms with E-state index in [-0.39, 0.29) is 5.75 Å². The zero-order valence-electron chi connectivity index (χ0n) is 11.4. The van der Waals surface area contributed by atoms with Crippen LogP contribution in [-0.2, 0) is 16.4 Å². The first-order chi connectivity index (χ1) is 9.36. The molecule has 2 aromatic carbocycles. The topological polar surface area (TPSA) is 66.4 Å². The van der Waals surface area contributed by atoms with Crippen molar-refractivity contribution in [3.8, 4) is 5.75 Å². The summed E-state index contributed by atoms with van der Waals surface area (Å²) in [6.45, 7) is 2.43. The van der Waals surface area contributed by atoms with Crippen LogP contribution in [0.5, 0.6) is 5.75 Å². The van der Waals surface area contributed by atoms with E-state index in [1.165, 1.54) is 6.26 Å². The van der Waals surface area contributed by atoms with E-state index >= 15 is 0 Å².